The zero-order chi connectivity index (χ0) is 42.6. The van der Waals surface area contributed by atoms with E-state index in [-0.39, 0.29) is 31.1 Å². The lowest BCUT2D eigenvalue weighted by molar-refractivity contribution is -0.167. The summed E-state index contributed by atoms with van der Waals surface area (Å²) in [6.07, 6.45) is 45.2. The molecule has 0 aromatic carbocycles. The van der Waals surface area contributed by atoms with Gasteiger partial charge in [-0.3, -0.25) is 14.4 Å². The third-order valence-corrected chi connectivity index (χ3v) is 11.7. The molecule has 0 bridgehead atoms. The monoisotopic (exact) mass is 821 g/mol. The highest BCUT2D eigenvalue weighted by Gasteiger charge is 2.19. The van der Waals surface area contributed by atoms with Gasteiger partial charge in [0, 0.05) is 19.3 Å². The first kappa shape index (κ1) is 56.4. The molecule has 0 aliphatic carbocycles. The summed E-state index contributed by atoms with van der Waals surface area (Å²) in [5.74, 6) is 0.806. The number of esters is 3. The van der Waals surface area contributed by atoms with Gasteiger partial charge in [-0.1, -0.05) is 247 Å². The predicted molar refractivity (Wildman–Crippen MR) is 247 cm³/mol. The molecule has 0 saturated heterocycles. The summed E-state index contributed by atoms with van der Waals surface area (Å²) in [7, 11) is 0. The maximum Gasteiger partial charge on any atom is 0.306 e. The third-order valence-electron chi connectivity index (χ3n) is 11.7. The molecule has 6 heteroatoms. The van der Waals surface area contributed by atoms with Gasteiger partial charge >= 0.3 is 17.9 Å². The molecule has 0 aromatic heterocycles. The van der Waals surface area contributed by atoms with Crippen molar-refractivity contribution in [2.45, 2.75) is 291 Å². The van der Waals surface area contributed by atoms with Gasteiger partial charge < -0.3 is 14.2 Å². The molecule has 344 valence electrons. The molecule has 0 rings (SSSR count). The lowest BCUT2D eigenvalue weighted by Gasteiger charge is -2.18. The van der Waals surface area contributed by atoms with E-state index in [9.17, 15) is 14.4 Å². The quantitative estimate of drug-likeness (QED) is 0.0346. The van der Waals surface area contributed by atoms with Crippen LogP contribution in [0.3, 0.4) is 0 Å². The van der Waals surface area contributed by atoms with E-state index in [1.165, 1.54) is 173 Å². The SMILES string of the molecule is CCCCCCCCCCCCC(=O)OC[C@H](COC(=O)CCCCCCCCCCCC(C)C)OC(=O)CCCCCCCCCCCCCCCCCC(C)C. The molecule has 0 saturated carbocycles. The summed E-state index contributed by atoms with van der Waals surface area (Å²) < 4.78 is 16.8. The fraction of sp³-hybridized carbons (Fsp3) is 0.942. The van der Waals surface area contributed by atoms with Crippen molar-refractivity contribution in [1.29, 1.82) is 0 Å². The van der Waals surface area contributed by atoms with Crippen LogP contribution in [0.2, 0.25) is 0 Å². The van der Waals surface area contributed by atoms with Gasteiger partial charge in [0.05, 0.1) is 0 Å². The zero-order valence-corrected chi connectivity index (χ0v) is 39.7. The number of ether oxygens (including phenoxy) is 3. The van der Waals surface area contributed by atoms with Crippen LogP contribution in [0.1, 0.15) is 285 Å². The van der Waals surface area contributed by atoms with Crippen LogP contribution in [-0.4, -0.2) is 37.2 Å². The summed E-state index contributed by atoms with van der Waals surface area (Å²) in [5.41, 5.74) is 0. The molecular formula is C52H100O6. The van der Waals surface area contributed by atoms with Gasteiger partial charge in [-0.25, -0.2) is 0 Å². The Morgan fingerprint density at radius 1 is 0.328 bits per heavy atom. The summed E-state index contributed by atoms with van der Waals surface area (Å²) in [5, 5.41) is 0. The van der Waals surface area contributed by atoms with Crippen LogP contribution in [-0.2, 0) is 28.6 Å². The van der Waals surface area contributed by atoms with E-state index in [1.807, 2.05) is 0 Å². The Hall–Kier alpha value is -1.59. The van der Waals surface area contributed by atoms with E-state index < -0.39 is 6.10 Å². The maximum atomic E-state index is 12.8. The van der Waals surface area contributed by atoms with Crippen molar-refractivity contribution in [1.82, 2.24) is 0 Å². The van der Waals surface area contributed by atoms with Crippen molar-refractivity contribution < 1.29 is 28.6 Å². The average Bonchev–Trinajstić information content (AvgIpc) is 3.19. The second kappa shape index (κ2) is 44.9. The Kier molecular flexibility index (Phi) is 43.7. The smallest absolute Gasteiger partial charge is 0.306 e. The second-order valence-electron chi connectivity index (χ2n) is 18.8. The van der Waals surface area contributed by atoms with Gasteiger partial charge in [-0.2, -0.15) is 0 Å². The van der Waals surface area contributed by atoms with Crippen molar-refractivity contribution in [3.05, 3.63) is 0 Å². The first-order chi connectivity index (χ1) is 28.2. The van der Waals surface area contributed by atoms with Crippen LogP contribution in [0.5, 0.6) is 0 Å². The topological polar surface area (TPSA) is 78.9 Å². The highest BCUT2D eigenvalue weighted by molar-refractivity contribution is 5.71. The maximum absolute atomic E-state index is 12.8. The van der Waals surface area contributed by atoms with Crippen molar-refractivity contribution in [2.75, 3.05) is 13.2 Å². The first-order valence-electron chi connectivity index (χ1n) is 25.7. The minimum atomic E-state index is -0.761. The molecule has 0 unspecified atom stereocenters. The second-order valence-corrected chi connectivity index (χ2v) is 18.8. The lowest BCUT2D eigenvalue weighted by Crippen LogP contribution is -2.30. The highest BCUT2D eigenvalue weighted by atomic mass is 16.6. The van der Waals surface area contributed by atoms with E-state index in [4.69, 9.17) is 14.2 Å². The summed E-state index contributed by atoms with van der Waals surface area (Å²) in [4.78, 5) is 37.9. The molecule has 0 heterocycles. The molecule has 0 aliphatic rings. The number of unbranched alkanes of at least 4 members (excludes halogenated alkanes) is 31. The minimum absolute atomic E-state index is 0.0640. The Labute approximate surface area is 361 Å². The lowest BCUT2D eigenvalue weighted by atomic mass is 10.0. The summed E-state index contributed by atoms with van der Waals surface area (Å²) >= 11 is 0. The normalized spacial score (nSPS) is 12.1. The number of carbonyl (C=O) groups excluding carboxylic acids is 3. The van der Waals surface area contributed by atoms with Crippen molar-refractivity contribution >= 4 is 17.9 Å². The van der Waals surface area contributed by atoms with Crippen molar-refractivity contribution in [3.63, 3.8) is 0 Å². The zero-order valence-electron chi connectivity index (χ0n) is 39.7. The number of carbonyl (C=O) groups is 3. The van der Waals surface area contributed by atoms with E-state index in [2.05, 4.69) is 34.6 Å². The van der Waals surface area contributed by atoms with Crippen LogP contribution >= 0.6 is 0 Å². The van der Waals surface area contributed by atoms with Crippen molar-refractivity contribution in [3.8, 4) is 0 Å². The summed E-state index contributed by atoms with van der Waals surface area (Å²) in [6.45, 7) is 11.4. The molecule has 0 radical (unpaired) electrons. The summed E-state index contributed by atoms with van der Waals surface area (Å²) in [6, 6.07) is 0. The van der Waals surface area contributed by atoms with E-state index in [0.717, 1.165) is 69.6 Å². The van der Waals surface area contributed by atoms with Crippen LogP contribution in [0.25, 0.3) is 0 Å². The molecule has 0 aliphatic heterocycles. The van der Waals surface area contributed by atoms with Crippen LogP contribution < -0.4 is 0 Å². The van der Waals surface area contributed by atoms with Gasteiger partial charge in [-0.05, 0) is 31.1 Å². The molecular weight excluding hydrogens is 721 g/mol. The highest BCUT2D eigenvalue weighted by Crippen LogP contribution is 2.17. The Bertz CT molecular complexity index is 885. The van der Waals surface area contributed by atoms with E-state index >= 15 is 0 Å². The number of hydrogen-bond donors (Lipinski definition) is 0. The Morgan fingerprint density at radius 3 is 0.845 bits per heavy atom. The minimum Gasteiger partial charge on any atom is -0.462 e. The molecule has 0 fully saturated rings. The van der Waals surface area contributed by atoms with Gasteiger partial charge in [0.25, 0.3) is 0 Å². The van der Waals surface area contributed by atoms with E-state index in [1.54, 1.807) is 0 Å². The third kappa shape index (κ3) is 45.5. The Balaban J connectivity index is 4.27. The van der Waals surface area contributed by atoms with Gasteiger partial charge in [0.1, 0.15) is 13.2 Å². The molecule has 0 N–H and O–H groups in total. The first-order valence-corrected chi connectivity index (χ1v) is 25.7. The van der Waals surface area contributed by atoms with Crippen LogP contribution in [0, 0.1) is 11.8 Å². The molecule has 0 aromatic rings. The predicted octanol–water partition coefficient (Wildman–Crippen LogP) is 16.5. The van der Waals surface area contributed by atoms with Crippen LogP contribution in [0.4, 0.5) is 0 Å². The van der Waals surface area contributed by atoms with Gasteiger partial charge in [0.2, 0.25) is 0 Å². The standard InChI is InChI=1S/C52H100O6/c1-6-7-8-9-10-11-22-27-32-37-42-50(53)56-45-49(46-57-51(54)43-38-33-28-24-19-21-26-31-36-41-48(4)5)58-52(55)44-39-34-29-23-18-16-14-12-13-15-17-20-25-30-35-40-47(2)3/h47-49H,6-46H2,1-5H3/t49-/m1/s1. The fourth-order valence-electron chi connectivity index (χ4n) is 7.81. The number of hydrogen-bond acceptors (Lipinski definition) is 6. The molecule has 58 heavy (non-hydrogen) atoms. The van der Waals surface area contributed by atoms with Gasteiger partial charge in [-0.15, -0.1) is 0 Å². The van der Waals surface area contributed by atoms with Crippen molar-refractivity contribution in [2.24, 2.45) is 11.8 Å². The number of rotatable bonds is 46. The average molecular weight is 821 g/mol. The van der Waals surface area contributed by atoms with E-state index in [0.29, 0.717) is 19.3 Å². The van der Waals surface area contributed by atoms with Crippen LogP contribution in [0.15, 0.2) is 0 Å². The molecule has 6 nitrogen and oxygen atoms in total. The molecule has 0 spiro atoms. The Morgan fingerprint density at radius 2 is 0.569 bits per heavy atom. The molecule has 0 amide bonds. The van der Waals surface area contributed by atoms with Gasteiger partial charge in [0.15, 0.2) is 6.10 Å². The molecule has 1 atom stereocenters. The largest absolute Gasteiger partial charge is 0.462 e. The fourth-order valence-corrected chi connectivity index (χ4v) is 7.81.